The number of nitrogens with one attached hydrogen (secondary N) is 1. The van der Waals surface area contributed by atoms with Crippen molar-refractivity contribution in [1.82, 2.24) is 9.97 Å². The summed E-state index contributed by atoms with van der Waals surface area (Å²) >= 11 is 7.36. The molecule has 106 valence electrons. The largest absolute Gasteiger partial charge is 0.477 e. The van der Waals surface area contributed by atoms with Crippen molar-refractivity contribution in [2.24, 2.45) is 0 Å². The molecule has 0 unspecified atom stereocenters. The van der Waals surface area contributed by atoms with Gasteiger partial charge in [0.2, 0.25) is 0 Å². The number of hydrogen-bond donors (Lipinski definition) is 2. The molecule has 7 heteroatoms. The maximum Gasteiger partial charge on any atom is 0.352 e. The maximum absolute atomic E-state index is 13.1. The highest BCUT2D eigenvalue weighted by Gasteiger charge is 2.13. The van der Waals surface area contributed by atoms with Crippen molar-refractivity contribution in [3.05, 3.63) is 52.4 Å². The lowest BCUT2D eigenvalue weighted by molar-refractivity contribution is 0.0691. The molecule has 1 aromatic carbocycles. The highest BCUT2D eigenvalue weighted by Crippen LogP contribution is 2.33. The van der Waals surface area contributed by atoms with E-state index in [2.05, 4.69) is 9.97 Å². The van der Waals surface area contributed by atoms with Crippen LogP contribution in [0.3, 0.4) is 0 Å². The molecule has 0 radical (unpaired) electrons. The van der Waals surface area contributed by atoms with E-state index in [0.717, 1.165) is 0 Å². The molecule has 0 saturated heterocycles. The second-order valence-electron chi connectivity index (χ2n) is 4.27. The first-order valence-corrected chi connectivity index (χ1v) is 7.13. The topological polar surface area (TPSA) is 66.0 Å². The molecular weight excluding hydrogens is 315 g/mol. The molecule has 0 spiro atoms. The van der Waals surface area contributed by atoms with Crippen LogP contribution in [-0.4, -0.2) is 21.0 Å². The van der Waals surface area contributed by atoms with Crippen LogP contribution in [0.1, 0.15) is 10.5 Å². The summed E-state index contributed by atoms with van der Waals surface area (Å²) in [6.45, 7) is 0. The fraction of sp³-hybridized carbons (Fsp3) is 0. The van der Waals surface area contributed by atoms with Crippen LogP contribution in [-0.2, 0) is 0 Å². The third kappa shape index (κ3) is 2.68. The van der Waals surface area contributed by atoms with Crippen LogP contribution in [0.25, 0.3) is 21.8 Å². The van der Waals surface area contributed by atoms with E-state index in [4.69, 9.17) is 16.7 Å². The summed E-state index contributed by atoms with van der Waals surface area (Å²) in [5.74, 6) is -1.43. The van der Waals surface area contributed by atoms with E-state index in [9.17, 15) is 9.18 Å². The Hall–Kier alpha value is -2.18. The lowest BCUT2D eigenvalue weighted by atomic mass is 10.2. The Morgan fingerprint density at radius 2 is 2.19 bits per heavy atom. The van der Waals surface area contributed by atoms with Crippen LogP contribution in [0.5, 0.6) is 0 Å². The Kier molecular flexibility index (Phi) is 3.48. The van der Waals surface area contributed by atoms with Gasteiger partial charge >= 0.3 is 5.97 Å². The molecule has 2 heterocycles. The Morgan fingerprint density at radius 3 is 2.86 bits per heavy atom. The van der Waals surface area contributed by atoms with Crippen LogP contribution in [0, 0.1) is 5.82 Å². The molecule has 0 atom stereocenters. The summed E-state index contributed by atoms with van der Waals surface area (Å²) in [4.78, 5) is 17.9. The van der Waals surface area contributed by atoms with Gasteiger partial charge in [-0.25, -0.2) is 14.2 Å². The lowest BCUT2D eigenvalue weighted by Crippen LogP contribution is -1.94. The third-order valence-corrected chi connectivity index (χ3v) is 4.06. The number of H-pyrrole nitrogens is 1. The zero-order valence-corrected chi connectivity index (χ0v) is 12.0. The van der Waals surface area contributed by atoms with Crippen molar-refractivity contribution in [3.63, 3.8) is 0 Å². The number of hydrogen-bond acceptors (Lipinski definition) is 3. The van der Waals surface area contributed by atoms with Gasteiger partial charge in [0.25, 0.3) is 0 Å². The molecule has 3 rings (SSSR count). The molecule has 4 nitrogen and oxygen atoms in total. The van der Waals surface area contributed by atoms with Gasteiger partial charge in [-0.2, -0.15) is 0 Å². The van der Waals surface area contributed by atoms with Crippen LogP contribution < -0.4 is 0 Å². The maximum atomic E-state index is 13.1. The second kappa shape index (κ2) is 5.31. The Bertz CT molecular complexity index is 828. The van der Waals surface area contributed by atoms with E-state index in [1.807, 2.05) is 0 Å². The number of aromatic nitrogens is 2. The van der Waals surface area contributed by atoms with Crippen LogP contribution in [0.15, 0.2) is 35.8 Å². The average molecular weight is 323 g/mol. The van der Waals surface area contributed by atoms with Crippen molar-refractivity contribution < 1.29 is 14.3 Å². The number of carboxylic acids is 1. The van der Waals surface area contributed by atoms with E-state index >= 15 is 0 Å². The number of carbonyl (C=O) groups is 1. The Morgan fingerprint density at radius 1 is 1.38 bits per heavy atom. The first kappa shape index (κ1) is 13.8. The molecule has 0 bridgehead atoms. The van der Waals surface area contributed by atoms with Gasteiger partial charge in [-0.1, -0.05) is 11.6 Å². The number of thiazole rings is 1. The number of nitrogens with zero attached hydrogens (tertiary/aromatic N) is 1. The van der Waals surface area contributed by atoms with Gasteiger partial charge in [-0.15, -0.1) is 11.3 Å². The SMILES string of the molecule is O=C(O)c1cc(-c2csc(-c3ccc(F)cc3Cl)n2)c[nH]1. The number of carboxylic acid groups (broad SMARTS) is 1. The van der Waals surface area contributed by atoms with Gasteiger partial charge in [0, 0.05) is 22.7 Å². The quantitative estimate of drug-likeness (QED) is 0.755. The van der Waals surface area contributed by atoms with E-state index in [-0.39, 0.29) is 10.7 Å². The summed E-state index contributed by atoms with van der Waals surface area (Å²) in [6.07, 6.45) is 1.58. The smallest absolute Gasteiger partial charge is 0.352 e. The van der Waals surface area contributed by atoms with Gasteiger partial charge in [0.15, 0.2) is 0 Å². The summed E-state index contributed by atoms with van der Waals surface area (Å²) in [5.41, 5.74) is 2.05. The molecule has 2 N–H and O–H groups in total. The molecule has 2 aromatic heterocycles. The molecule has 0 aliphatic carbocycles. The molecule has 21 heavy (non-hydrogen) atoms. The van der Waals surface area contributed by atoms with Crippen LogP contribution in [0.4, 0.5) is 4.39 Å². The fourth-order valence-corrected chi connectivity index (χ4v) is 3.04. The predicted octanol–water partition coefficient (Wildman–Crippen LogP) is 4.30. The normalized spacial score (nSPS) is 10.8. The Balaban J connectivity index is 1.97. The number of benzene rings is 1. The van der Waals surface area contributed by atoms with Gasteiger partial charge in [-0.05, 0) is 24.3 Å². The summed E-state index contributed by atoms with van der Waals surface area (Å²) in [6, 6.07) is 5.63. The molecule has 0 aliphatic rings. The minimum Gasteiger partial charge on any atom is -0.477 e. The van der Waals surface area contributed by atoms with Gasteiger partial charge in [-0.3, -0.25) is 0 Å². The molecule has 0 aliphatic heterocycles. The zero-order chi connectivity index (χ0) is 15.0. The van der Waals surface area contributed by atoms with Crippen molar-refractivity contribution >= 4 is 28.9 Å². The van der Waals surface area contributed by atoms with E-state index in [0.29, 0.717) is 21.8 Å². The number of halogens is 2. The van der Waals surface area contributed by atoms with Crippen molar-refractivity contribution in [2.45, 2.75) is 0 Å². The minimum atomic E-state index is -1.03. The predicted molar refractivity (Wildman–Crippen MR) is 79.3 cm³/mol. The van der Waals surface area contributed by atoms with Crippen molar-refractivity contribution in [1.29, 1.82) is 0 Å². The lowest BCUT2D eigenvalue weighted by Gasteiger charge is -1.99. The number of rotatable bonds is 3. The summed E-state index contributed by atoms with van der Waals surface area (Å²) in [5, 5.41) is 11.6. The minimum absolute atomic E-state index is 0.0966. The highest BCUT2D eigenvalue weighted by atomic mass is 35.5. The molecule has 0 fully saturated rings. The molecule has 3 aromatic rings. The first-order chi connectivity index (χ1) is 10.0. The van der Waals surface area contributed by atoms with Crippen LogP contribution in [0.2, 0.25) is 5.02 Å². The van der Waals surface area contributed by atoms with E-state index in [1.165, 1.54) is 29.5 Å². The van der Waals surface area contributed by atoms with Gasteiger partial charge in [0.05, 0.1) is 10.7 Å². The second-order valence-corrected chi connectivity index (χ2v) is 5.53. The average Bonchev–Trinajstić information content (AvgIpc) is 3.07. The van der Waals surface area contributed by atoms with E-state index < -0.39 is 11.8 Å². The highest BCUT2D eigenvalue weighted by molar-refractivity contribution is 7.13. The molecule has 0 amide bonds. The number of aromatic amines is 1. The monoisotopic (exact) mass is 322 g/mol. The molecule has 0 saturated carbocycles. The van der Waals surface area contributed by atoms with Crippen molar-refractivity contribution in [3.8, 4) is 21.8 Å². The Labute approximate surface area is 127 Å². The van der Waals surface area contributed by atoms with E-state index in [1.54, 1.807) is 17.6 Å². The standard InChI is InChI=1S/C14H8ClFN2O2S/c15-10-4-8(16)1-2-9(10)13-18-12(6-21-13)7-3-11(14(19)20)17-5-7/h1-6,17H,(H,19,20). The third-order valence-electron chi connectivity index (χ3n) is 2.87. The van der Waals surface area contributed by atoms with Gasteiger partial charge in [0.1, 0.15) is 16.5 Å². The fourth-order valence-electron chi connectivity index (χ4n) is 1.86. The van der Waals surface area contributed by atoms with Crippen molar-refractivity contribution in [2.75, 3.05) is 0 Å². The molecular formula is C14H8ClFN2O2S. The first-order valence-electron chi connectivity index (χ1n) is 5.87. The summed E-state index contributed by atoms with van der Waals surface area (Å²) < 4.78 is 13.1. The van der Waals surface area contributed by atoms with Crippen LogP contribution >= 0.6 is 22.9 Å². The number of aromatic carboxylic acids is 1. The zero-order valence-electron chi connectivity index (χ0n) is 10.4. The summed E-state index contributed by atoms with van der Waals surface area (Å²) in [7, 11) is 0. The van der Waals surface area contributed by atoms with Gasteiger partial charge < -0.3 is 10.1 Å².